The highest BCUT2D eigenvalue weighted by molar-refractivity contribution is 8.01. The molecular formula is C22H24N2O2S2. The molecule has 0 aliphatic carbocycles. The van der Waals surface area contributed by atoms with Gasteiger partial charge in [0.05, 0.1) is 21.0 Å². The van der Waals surface area contributed by atoms with Gasteiger partial charge in [-0.3, -0.25) is 4.98 Å². The van der Waals surface area contributed by atoms with Crippen LogP contribution in [0, 0.1) is 6.92 Å². The van der Waals surface area contributed by atoms with Crippen molar-refractivity contribution in [3.8, 4) is 11.1 Å². The average molecular weight is 413 g/mol. The van der Waals surface area contributed by atoms with Crippen molar-refractivity contribution in [2.24, 2.45) is 0 Å². The number of benzene rings is 1. The van der Waals surface area contributed by atoms with Gasteiger partial charge in [0.25, 0.3) is 0 Å². The van der Waals surface area contributed by atoms with E-state index in [1.165, 1.54) is 0 Å². The molecule has 146 valence electrons. The molecular weight excluding hydrogens is 388 g/mol. The highest BCUT2D eigenvalue weighted by atomic mass is 32.2. The Hall–Kier alpha value is -2.18. The lowest BCUT2D eigenvalue weighted by atomic mass is 10.0. The van der Waals surface area contributed by atoms with Crippen molar-refractivity contribution in [3.63, 3.8) is 0 Å². The number of nitrogens with zero attached hydrogens (tertiary/aromatic N) is 2. The summed E-state index contributed by atoms with van der Waals surface area (Å²) in [4.78, 5) is 22.5. The maximum Gasteiger partial charge on any atom is 0.338 e. The highest BCUT2D eigenvalue weighted by Crippen LogP contribution is 2.35. The second-order valence-corrected chi connectivity index (χ2v) is 9.95. The first-order chi connectivity index (χ1) is 13.2. The summed E-state index contributed by atoms with van der Waals surface area (Å²) in [6, 6.07) is 9.83. The molecule has 0 saturated carbocycles. The third kappa shape index (κ3) is 5.42. The van der Waals surface area contributed by atoms with Gasteiger partial charge in [-0.15, -0.1) is 11.3 Å². The Bertz CT molecular complexity index is 973. The molecule has 3 rings (SSSR count). The summed E-state index contributed by atoms with van der Waals surface area (Å²) in [6.45, 7) is 9.67. The first-order valence-corrected chi connectivity index (χ1v) is 10.8. The Balaban J connectivity index is 1.99. The molecule has 0 N–H and O–H groups in total. The first kappa shape index (κ1) is 20.6. The molecule has 2 aromatic heterocycles. The van der Waals surface area contributed by atoms with Gasteiger partial charge in [0.2, 0.25) is 0 Å². The molecule has 0 spiro atoms. The molecule has 0 aliphatic rings. The molecule has 4 nitrogen and oxygen atoms in total. The van der Waals surface area contributed by atoms with Crippen molar-refractivity contribution >= 4 is 29.1 Å². The van der Waals surface area contributed by atoms with Crippen LogP contribution < -0.4 is 0 Å². The van der Waals surface area contributed by atoms with Gasteiger partial charge in [-0.2, -0.15) is 0 Å². The van der Waals surface area contributed by atoms with Crippen molar-refractivity contribution in [1.82, 2.24) is 9.97 Å². The monoisotopic (exact) mass is 412 g/mol. The standard InChI is InChI=1S/C22H24N2O2S2/c1-6-19-24-13-20(28-19)27-18-10-16(15-8-7-14(2)23-12-15)9-17(11-18)21(25)26-22(3,4)5/h7-13H,6H2,1-5H3. The van der Waals surface area contributed by atoms with E-state index in [1.54, 1.807) is 23.1 Å². The van der Waals surface area contributed by atoms with Crippen LogP contribution in [0.4, 0.5) is 0 Å². The third-order valence-corrected chi connectivity index (χ3v) is 6.05. The zero-order valence-corrected chi connectivity index (χ0v) is 18.4. The van der Waals surface area contributed by atoms with Crippen molar-refractivity contribution in [1.29, 1.82) is 0 Å². The molecule has 0 unspecified atom stereocenters. The van der Waals surface area contributed by atoms with E-state index in [-0.39, 0.29) is 5.97 Å². The topological polar surface area (TPSA) is 52.1 Å². The normalized spacial score (nSPS) is 11.5. The van der Waals surface area contributed by atoms with Crippen LogP contribution in [0.5, 0.6) is 0 Å². The van der Waals surface area contributed by atoms with Crippen LogP contribution in [0.1, 0.15) is 48.8 Å². The number of aromatic nitrogens is 2. The fourth-order valence-corrected chi connectivity index (χ4v) is 4.58. The predicted octanol–water partition coefficient (Wildman–Crippen LogP) is 6.18. The fraction of sp³-hybridized carbons (Fsp3) is 0.318. The Labute approximate surface area is 174 Å². The fourth-order valence-electron chi connectivity index (χ4n) is 2.54. The van der Waals surface area contributed by atoms with E-state index < -0.39 is 5.60 Å². The molecule has 0 amide bonds. The number of thiazole rings is 1. The highest BCUT2D eigenvalue weighted by Gasteiger charge is 2.19. The van der Waals surface area contributed by atoms with Gasteiger partial charge in [-0.05, 0) is 63.9 Å². The largest absolute Gasteiger partial charge is 0.456 e. The summed E-state index contributed by atoms with van der Waals surface area (Å²) >= 11 is 3.29. The summed E-state index contributed by atoms with van der Waals surface area (Å²) in [5, 5.41) is 1.11. The molecule has 3 aromatic rings. The summed E-state index contributed by atoms with van der Waals surface area (Å²) in [6.07, 6.45) is 4.64. The number of hydrogen-bond donors (Lipinski definition) is 0. The number of carbonyl (C=O) groups excluding carboxylic acids is 1. The zero-order valence-electron chi connectivity index (χ0n) is 16.8. The minimum atomic E-state index is -0.542. The lowest BCUT2D eigenvalue weighted by molar-refractivity contribution is 0.00693. The lowest BCUT2D eigenvalue weighted by Crippen LogP contribution is -2.23. The minimum absolute atomic E-state index is 0.324. The van der Waals surface area contributed by atoms with E-state index in [9.17, 15) is 4.79 Å². The molecule has 0 bridgehead atoms. The molecule has 0 saturated heterocycles. The van der Waals surface area contributed by atoms with Crippen LogP contribution in [-0.4, -0.2) is 21.5 Å². The molecule has 2 heterocycles. The number of aryl methyl sites for hydroxylation is 2. The smallest absolute Gasteiger partial charge is 0.338 e. The summed E-state index contributed by atoms with van der Waals surface area (Å²) in [5.41, 5.74) is 2.86. The SMILES string of the molecule is CCc1ncc(Sc2cc(C(=O)OC(C)(C)C)cc(-c3ccc(C)nc3)c2)s1. The van der Waals surface area contributed by atoms with Crippen LogP contribution in [0.25, 0.3) is 11.1 Å². The van der Waals surface area contributed by atoms with E-state index in [1.807, 2.05) is 64.4 Å². The zero-order chi connectivity index (χ0) is 20.3. The first-order valence-electron chi connectivity index (χ1n) is 9.17. The van der Waals surface area contributed by atoms with Gasteiger partial charge in [-0.1, -0.05) is 24.8 Å². The molecule has 28 heavy (non-hydrogen) atoms. The summed E-state index contributed by atoms with van der Waals surface area (Å²) in [5.74, 6) is -0.324. The Morgan fingerprint density at radius 1 is 1.11 bits per heavy atom. The third-order valence-electron chi connectivity index (χ3n) is 3.84. The van der Waals surface area contributed by atoms with Crippen LogP contribution in [-0.2, 0) is 11.2 Å². The second kappa shape index (κ2) is 8.45. The summed E-state index contributed by atoms with van der Waals surface area (Å²) < 4.78 is 6.69. The van der Waals surface area contributed by atoms with Gasteiger partial charge < -0.3 is 4.74 Å². The molecule has 0 radical (unpaired) electrons. The molecule has 0 atom stereocenters. The number of rotatable bonds is 5. The molecule has 1 aromatic carbocycles. The molecule has 6 heteroatoms. The van der Waals surface area contributed by atoms with Gasteiger partial charge in [0.1, 0.15) is 5.60 Å². The maximum absolute atomic E-state index is 12.7. The van der Waals surface area contributed by atoms with Crippen LogP contribution in [0.3, 0.4) is 0 Å². The van der Waals surface area contributed by atoms with E-state index in [0.717, 1.165) is 37.4 Å². The van der Waals surface area contributed by atoms with Gasteiger partial charge in [-0.25, -0.2) is 9.78 Å². The van der Waals surface area contributed by atoms with E-state index >= 15 is 0 Å². The van der Waals surface area contributed by atoms with Gasteiger partial charge >= 0.3 is 5.97 Å². The lowest BCUT2D eigenvalue weighted by Gasteiger charge is -2.20. The van der Waals surface area contributed by atoms with E-state index in [4.69, 9.17) is 4.74 Å². The average Bonchev–Trinajstić information content (AvgIpc) is 3.08. The minimum Gasteiger partial charge on any atom is -0.456 e. The number of esters is 1. The van der Waals surface area contributed by atoms with Crippen molar-refractivity contribution in [2.75, 3.05) is 0 Å². The Morgan fingerprint density at radius 2 is 1.89 bits per heavy atom. The molecule has 0 fully saturated rings. The van der Waals surface area contributed by atoms with Crippen LogP contribution in [0.15, 0.2) is 51.8 Å². The summed E-state index contributed by atoms with van der Waals surface area (Å²) in [7, 11) is 0. The Kier molecular flexibility index (Phi) is 6.20. The predicted molar refractivity (Wildman–Crippen MR) is 115 cm³/mol. The number of hydrogen-bond acceptors (Lipinski definition) is 6. The second-order valence-electron chi connectivity index (χ2n) is 7.46. The van der Waals surface area contributed by atoms with Gasteiger partial charge in [0.15, 0.2) is 0 Å². The van der Waals surface area contributed by atoms with Crippen LogP contribution >= 0.6 is 23.1 Å². The van der Waals surface area contributed by atoms with Crippen molar-refractivity contribution < 1.29 is 9.53 Å². The number of pyridine rings is 1. The quantitative estimate of drug-likeness (QED) is 0.468. The number of ether oxygens (including phenoxy) is 1. The van der Waals surface area contributed by atoms with Crippen LogP contribution in [0.2, 0.25) is 0 Å². The number of carbonyl (C=O) groups is 1. The van der Waals surface area contributed by atoms with Crippen molar-refractivity contribution in [2.45, 2.75) is 55.7 Å². The maximum atomic E-state index is 12.7. The van der Waals surface area contributed by atoms with E-state index in [0.29, 0.717) is 5.56 Å². The van der Waals surface area contributed by atoms with Gasteiger partial charge in [0, 0.05) is 22.3 Å². The van der Waals surface area contributed by atoms with Crippen molar-refractivity contribution in [3.05, 3.63) is 59.0 Å². The van der Waals surface area contributed by atoms with E-state index in [2.05, 4.69) is 23.0 Å². The molecule has 0 aliphatic heterocycles. The Morgan fingerprint density at radius 3 is 2.50 bits per heavy atom.